The second kappa shape index (κ2) is 4.98. The first-order chi connectivity index (χ1) is 11.4. The first-order valence-electron chi connectivity index (χ1n) is 7.37. The van der Waals surface area contributed by atoms with Crippen molar-refractivity contribution in [3.8, 4) is 0 Å². The fraction of sp³-hybridized carbons (Fsp3) is 0.250. The molecule has 1 aliphatic rings. The Morgan fingerprint density at radius 3 is 3.04 bits per heavy atom. The van der Waals surface area contributed by atoms with Crippen molar-refractivity contribution in [2.45, 2.75) is 25.9 Å². The van der Waals surface area contributed by atoms with Gasteiger partial charge in [-0.1, -0.05) is 0 Å². The van der Waals surface area contributed by atoms with Crippen molar-refractivity contribution in [3.05, 3.63) is 46.7 Å². The number of H-pyrrole nitrogens is 1. The van der Waals surface area contributed by atoms with E-state index < -0.39 is 17.4 Å². The van der Waals surface area contributed by atoms with Crippen LogP contribution >= 0.6 is 11.6 Å². The van der Waals surface area contributed by atoms with Crippen LogP contribution in [0.5, 0.6) is 0 Å². The number of hydrogen-bond donors (Lipinski definition) is 2. The van der Waals surface area contributed by atoms with Gasteiger partial charge in [0, 0.05) is 17.0 Å². The molecule has 1 aromatic carbocycles. The van der Waals surface area contributed by atoms with Crippen LogP contribution in [0.4, 0.5) is 14.9 Å². The summed E-state index contributed by atoms with van der Waals surface area (Å²) in [5, 5.41) is 10.3. The van der Waals surface area contributed by atoms with Gasteiger partial charge in [-0.2, -0.15) is 5.10 Å². The average molecular weight is 349 g/mol. The van der Waals surface area contributed by atoms with Crippen molar-refractivity contribution in [2.75, 3.05) is 5.32 Å². The van der Waals surface area contributed by atoms with Crippen LogP contribution in [0.25, 0.3) is 11.0 Å². The Kier molecular flexibility index (Phi) is 3.11. The number of benzene rings is 1. The number of nitrogens with zero attached hydrogens (tertiary/aromatic N) is 2. The maximum atomic E-state index is 14.2. The molecule has 8 heteroatoms. The third-order valence-corrected chi connectivity index (χ3v) is 4.60. The molecule has 3 heterocycles. The minimum Gasteiger partial charge on any atom is -0.442 e. The third-order valence-electron chi connectivity index (χ3n) is 4.42. The van der Waals surface area contributed by atoms with E-state index in [4.69, 9.17) is 16.0 Å². The number of nitrogens with one attached hydrogen (secondary N) is 2. The standard InChI is InChI=1S/C16H14ClFN4O2/c1-16(2)14-9(6-19-21-14)7-22(16)15(23)20-12-10(18)4-3-8-5-11(17)24-13(8)12/h3-6H,7H2,1-2H3,(H,19,21)(H,20,23). The molecule has 24 heavy (non-hydrogen) atoms. The normalized spacial score (nSPS) is 15.8. The number of fused-ring (bicyclic) bond motifs is 2. The number of aromatic amines is 1. The summed E-state index contributed by atoms with van der Waals surface area (Å²) in [5.74, 6) is -0.584. The number of carbonyl (C=O) groups is 1. The van der Waals surface area contributed by atoms with Gasteiger partial charge in [-0.05, 0) is 37.6 Å². The Morgan fingerprint density at radius 2 is 2.29 bits per heavy atom. The van der Waals surface area contributed by atoms with Crippen molar-refractivity contribution in [1.29, 1.82) is 0 Å². The van der Waals surface area contributed by atoms with Crippen LogP contribution in [0.15, 0.2) is 28.8 Å². The van der Waals surface area contributed by atoms with Crippen LogP contribution < -0.4 is 5.32 Å². The molecule has 1 aliphatic heterocycles. The highest BCUT2D eigenvalue weighted by molar-refractivity contribution is 6.30. The predicted octanol–water partition coefficient (Wildman–Crippen LogP) is 4.23. The first kappa shape index (κ1) is 15.0. The molecule has 4 rings (SSSR count). The lowest BCUT2D eigenvalue weighted by atomic mass is 10.0. The smallest absolute Gasteiger partial charge is 0.323 e. The van der Waals surface area contributed by atoms with Crippen molar-refractivity contribution < 1.29 is 13.6 Å². The number of aromatic nitrogens is 2. The molecule has 0 saturated carbocycles. The SMILES string of the molecule is CC1(C)c2[nH]ncc2CN1C(=O)Nc1c(F)ccc2cc(Cl)oc12. The molecule has 0 fully saturated rings. The molecule has 0 saturated heterocycles. The van der Waals surface area contributed by atoms with Crippen molar-refractivity contribution in [2.24, 2.45) is 0 Å². The molecule has 124 valence electrons. The van der Waals surface area contributed by atoms with E-state index in [1.54, 1.807) is 23.2 Å². The Labute approximate surface area is 141 Å². The first-order valence-corrected chi connectivity index (χ1v) is 7.74. The van der Waals surface area contributed by atoms with Crippen molar-refractivity contribution >= 4 is 34.3 Å². The second-order valence-electron chi connectivity index (χ2n) is 6.24. The van der Waals surface area contributed by atoms with E-state index in [0.717, 1.165) is 11.3 Å². The molecule has 2 aromatic heterocycles. The highest BCUT2D eigenvalue weighted by Gasteiger charge is 2.42. The zero-order valence-corrected chi connectivity index (χ0v) is 13.7. The molecule has 2 N–H and O–H groups in total. The predicted molar refractivity (Wildman–Crippen MR) is 87.4 cm³/mol. The number of amides is 2. The maximum Gasteiger partial charge on any atom is 0.323 e. The quantitative estimate of drug-likeness (QED) is 0.691. The number of urea groups is 1. The molecule has 3 aromatic rings. The van der Waals surface area contributed by atoms with E-state index in [2.05, 4.69) is 15.5 Å². The van der Waals surface area contributed by atoms with Crippen LogP contribution in [-0.2, 0) is 12.1 Å². The Balaban J connectivity index is 1.68. The van der Waals surface area contributed by atoms with Crippen LogP contribution in [0, 0.1) is 5.82 Å². The van der Waals surface area contributed by atoms with Crippen LogP contribution in [0.3, 0.4) is 0 Å². The summed E-state index contributed by atoms with van der Waals surface area (Å²) in [7, 11) is 0. The highest BCUT2D eigenvalue weighted by atomic mass is 35.5. The van der Waals surface area contributed by atoms with Crippen LogP contribution in [0.1, 0.15) is 25.1 Å². The number of anilines is 1. The third kappa shape index (κ3) is 2.08. The summed E-state index contributed by atoms with van der Waals surface area (Å²) in [6.07, 6.45) is 1.69. The van der Waals surface area contributed by atoms with Gasteiger partial charge in [0.05, 0.1) is 24.0 Å². The van der Waals surface area contributed by atoms with Gasteiger partial charge in [0.15, 0.2) is 16.6 Å². The maximum absolute atomic E-state index is 14.2. The van der Waals surface area contributed by atoms with Gasteiger partial charge >= 0.3 is 6.03 Å². The summed E-state index contributed by atoms with van der Waals surface area (Å²) < 4.78 is 19.5. The topological polar surface area (TPSA) is 74.2 Å². The molecular formula is C16H14ClFN4O2. The van der Waals surface area contributed by atoms with Gasteiger partial charge in [-0.3, -0.25) is 5.10 Å². The van der Waals surface area contributed by atoms with Gasteiger partial charge in [-0.25, -0.2) is 9.18 Å². The van der Waals surface area contributed by atoms with Crippen LogP contribution in [0.2, 0.25) is 5.22 Å². The Hall–Kier alpha value is -2.54. The zero-order chi connectivity index (χ0) is 17.1. The molecule has 0 unspecified atom stereocenters. The minimum absolute atomic E-state index is 0.0196. The number of furan rings is 1. The monoisotopic (exact) mass is 348 g/mol. The summed E-state index contributed by atoms with van der Waals surface area (Å²) in [6, 6.07) is 3.96. The van der Waals surface area contributed by atoms with Gasteiger partial charge in [0.25, 0.3) is 0 Å². The molecule has 0 radical (unpaired) electrons. The van der Waals surface area contributed by atoms with E-state index >= 15 is 0 Å². The molecule has 0 aliphatic carbocycles. The molecule has 6 nitrogen and oxygen atoms in total. The van der Waals surface area contributed by atoms with Gasteiger partial charge in [0.1, 0.15) is 5.69 Å². The number of hydrogen-bond acceptors (Lipinski definition) is 3. The Morgan fingerprint density at radius 1 is 1.50 bits per heavy atom. The summed E-state index contributed by atoms with van der Waals surface area (Å²) in [4.78, 5) is 14.3. The highest BCUT2D eigenvalue weighted by Crippen LogP contribution is 2.38. The lowest BCUT2D eigenvalue weighted by Crippen LogP contribution is -2.43. The van der Waals surface area contributed by atoms with Crippen LogP contribution in [-0.4, -0.2) is 21.1 Å². The summed E-state index contributed by atoms with van der Waals surface area (Å²) in [5.41, 5.74) is 1.42. The minimum atomic E-state index is -0.584. The lowest BCUT2D eigenvalue weighted by Gasteiger charge is -2.31. The van der Waals surface area contributed by atoms with E-state index in [1.165, 1.54) is 6.07 Å². The number of halogens is 2. The summed E-state index contributed by atoms with van der Waals surface area (Å²) in [6.45, 7) is 4.19. The zero-order valence-electron chi connectivity index (χ0n) is 13.0. The molecule has 0 spiro atoms. The number of carbonyl (C=O) groups excluding carboxylic acids is 1. The van der Waals surface area contributed by atoms with E-state index in [9.17, 15) is 9.18 Å². The van der Waals surface area contributed by atoms with E-state index in [1.807, 2.05) is 13.8 Å². The summed E-state index contributed by atoms with van der Waals surface area (Å²) >= 11 is 5.84. The number of rotatable bonds is 1. The molecule has 2 amide bonds. The van der Waals surface area contributed by atoms with Crippen molar-refractivity contribution in [1.82, 2.24) is 15.1 Å². The van der Waals surface area contributed by atoms with E-state index in [-0.39, 0.29) is 16.5 Å². The van der Waals surface area contributed by atoms with Crippen molar-refractivity contribution in [3.63, 3.8) is 0 Å². The largest absolute Gasteiger partial charge is 0.442 e. The van der Waals surface area contributed by atoms with Gasteiger partial charge in [0.2, 0.25) is 0 Å². The molecular weight excluding hydrogens is 335 g/mol. The van der Waals surface area contributed by atoms with Gasteiger partial charge in [-0.15, -0.1) is 0 Å². The molecule has 0 atom stereocenters. The fourth-order valence-corrected chi connectivity index (χ4v) is 3.32. The second-order valence-corrected chi connectivity index (χ2v) is 6.61. The van der Waals surface area contributed by atoms with Gasteiger partial charge < -0.3 is 14.6 Å². The average Bonchev–Trinajstić information content (AvgIpc) is 3.18. The fourth-order valence-electron chi connectivity index (χ4n) is 3.13. The Bertz CT molecular complexity index is 962. The lowest BCUT2D eigenvalue weighted by molar-refractivity contribution is 0.155. The molecule has 0 bridgehead atoms. The van der Waals surface area contributed by atoms with E-state index in [0.29, 0.717) is 11.9 Å².